The van der Waals surface area contributed by atoms with E-state index in [1.165, 1.54) is 21.7 Å². The standard InChI is InChI=1S/C19H20N2OS/c1-22-16-6-4-5-14(11-16)12-21-10-9-15(13-21)19-20-17-7-2-3-8-18(17)23-19/h2-8,11,15H,9-10,12-13H2,1H3. The van der Waals surface area contributed by atoms with Crippen LogP contribution in [0.25, 0.3) is 10.2 Å². The van der Waals surface area contributed by atoms with Gasteiger partial charge in [0.2, 0.25) is 0 Å². The Morgan fingerprint density at radius 3 is 3.00 bits per heavy atom. The lowest BCUT2D eigenvalue weighted by molar-refractivity contribution is 0.326. The van der Waals surface area contributed by atoms with Gasteiger partial charge in [-0.1, -0.05) is 24.3 Å². The fourth-order valence-corrected chi connectivity index (χ4v) is 4.36. The van der Waals surface area contributed by atoms with Crippen molar-refractivity contribution in [2.24, 2.45) is 0 Å². The fourth-order valence-electron chi connectivity index (χ4n) is 3.27. The summed E-state index contributed by atoms with van der Waals surface area (Å²) in [5.41, 5.74) is 2.45. The Morgan fingerprint density at radius 2 is 2.13 bits per heavy atom. The van der Waals surface area contributed by atoms with Gasteiger partial charge < -0.3 is 4.74 Å². The molecule has 2 heterocycles. The van der Waals surface area contributed by atoms with Gasteiger partial charge in [-0.25, -0.2) is 4.98 Å². The summed E-state index contributed by atoms with van der Waals surface area (Å²) in [6.45, 7) is 3.22. The number of fused-ring (bicyclic) bond motifs is 1. The predicted molar refractivity (Wildman–Crippen MR) is 95.2 cm³/mol. The Kier molecular flexibility index (Phi) is 4.02. The predicted octanol–water partition coefficient (Wildman–Crippen LogP) is 4.29. The number of hydrogen-bond donors (Lipinski definition) is 0. The molecule has 1 aliphatic heterocycles. The van der Waals surface area contributed by atoms with E-state index in [0.717, 1.165) is 30.9 Å². The van der Waals surface area contributed by atoms with Crippen LogP contribution >= 0.6 is 11.3 Å². The zero-order chi connectivity index (χ0) is 15.6. The van der Waals surface area contributed by atoms with Crippen molar-refractivity contribution < 1.29 is 4.74 Å². The summed E-state index contributed by atoms with van der Waals surface area (Å²) in [7, 11) is 1.72. The van der Waals surface area contributed by atoms with Gasteiger partial charge in [0.25, 0.3) is 0 Å². The zero-order valence-corrected chi connectivity index (χ0v) is 14.1. The quantitative estimate of drug-likeness (QED) is 0.716. The molecule has 1 atom stereocenters. The third kappa shape index (κ3) is 3.09. The van der Waals surface area contributed by atoms with Crippen LogP contribution in [0.15, 0.2) is 48.5 Å². The van der Waals surface area contributed by atoms with E-state index in [1.54, 1.807) is 7.11 Å². The summed E-state index contributed by atoms with van der Waals surface area (Å²) in [4.78, 5) is 7.35. The van der Waals surface area contributed by atoms with Crippen LogP contribution in [0.1, 0.15) is 22.9 Å². The number of nitrogens with zero attached hydrogens (tertiary/aromatic N) is 2. The van der Waals surface area contributed by atoms with Crippen molar-refractivity contribution in [2.45, 2.75) is 18.9 Å². The lowest BCUT2D eigenvalue weighted by Gasteiger charge is -2.16. The Bertz CT molecular complexity index is 781. The minimum Gasteiger partial charge on any atom is -0.497 e. The van der Waals surface area contributed by atoms with Gasteiger partial charge in [0.1, 0.15) is 5.75 Å². The van der Waals surface area contributed by atoms with Crippen molar-refractivity contribution in [2.75, 3.05) is 20.2 Å². The Morgan fingerprint density at radius 1 is 1.22 bits per heavy atom. The summed E-state index contributed by atoms with van der Waals surface area (Å²) < 4.78 is 6.62. The van der Waals surface area contributed by atoms with E-state index in [9.17, 15) is 0 Å². The van der Waals surface area contributed by atoms with Crippen molar-refractivity contribution in [3.8, 4) is 5.75 Å². The molecular weight excluding hydrogens is 304 g/mol. The van der Waals surface area contributed by atoms with Gasteiger partial charge in [0, 0.05) is 19.0 Å². The molecule has 1 aromatic heterocycles. The lowest BCUT2D eigenvalue weighted by Crippen LogP contribution is -2.19. The Hall–Kier alpha value is -1.91. The van der Waals surface area contributed by atoms with Gasteiger partial charge in [-0.15, -0.1) is 11.3 Å². The Balaban J connectivity index is 1.46. The highest BCUT2D eigenvalue weighted by atomic mass is 32.1. The van der Waals surface area contributed by atoms with Gasteiger partial charge >= 0.3 is 0 Å². The number of ether oxygens (including phenoxy) is 1. The summed E-state index contributed by atoms with van der Waals surface area (Å²) in [5.74, 6) is 1.50. The molecule has 1 unspecified atom stereocenters. The van der Waals surface area contributed by atoms with Crippen LogP contribution in [0, 0.1) is 0 Å². The summed E-state index contributed by atoms with van der Waals surface area (Å²) in [6.07, 6.45) is 1.20. The summed E-state index contributed by atoms with van der Waals surface area (Å²) in [5, 5.41) is 1.29. The molecule has 4 rings (SSSR count). The number of likely N-dealkylation sites (tertiary alicyclic amines) is 1. The highest BCUT2D eigenvalue weighted by Gasteiger charge is 2.26. The largest absolute Gasteiger partial charge is 0.497 e. The highest BCUT2D eigenvalue weighted by molar-refractivity contribution is 7.18. The van der Waals surface area contributed by atoms with Crippen LogP contribution in [-0.4, -0.2) is 30.1 Å². The monoisotopic (exact) mass is 324 g/mol. The topological polar surface area (TPSA) is 25.4 Å². The summed E-state index contributed by atoms with van der Waals surface area (Å²) >= 11 is 1.85. The first-order chi connectivity index (χ1) is 11.3. The van der Waals surface area contributed by atoms with Crippen LogP contribution in [0.2, 0.25) is 0 Å². The third-order valence-corrected chi connectivity index (χ3v) is 5.67. The second-order valence-corrected chi connectivity index (χ2v) is 7.15. The molecular formula is C19H20N2OS. The number of benzene rings is 2. The molecule has 0 aliphatic carbocycles. The van der Waals surface area contributed by atoms with E-state index < -0.39 is 0 Å². The molecule has 0 spiro atoms. The number of hydrogen-bond acceptors (Lipinski definition) is 4. The molecule has 0 bridgehead atoms. The van der Waals surface area contributed by atoms with E-state index in [-0.39, 0.29) is 0 Å². The van der Waals surface area contributed by atoms with Crippen molar-refractivity contribution in [3.63, 3.8) is 0 Å². The molecule has 1 aliphatic rings. The summed E-state index contributed by atoms with van der Waals surface area (Å²) in [6, 6.07) is 16.8. The first kappa shape index (κ1) is 14.7. The SMILES string of the molecule is COc1cccc(CN2CCC(c3nc4ccccc4s3)C2)c1. The maximum absolute atomic E-state index is 5.32. The molecule has 2 aromatic carbocycles. The third-order valence-electron chi connectivity index (χ3n) is 4.47. The van der Waals surface area contributed by atoms with E-state index in [4.69, 9.17) is 9.72 Å². The molecule has 23 heavy (non-hydrogen) atoms. The second-order valence-electron chi connectivity index (χ2n) is 6.09. The smallest absolute Gasteiger partial charge is 0.119 e. The van der Waals surface area contributed by atoms with Crippen LogP contribution in [0.3, 0.4) is 0 Å². The molecule has 3 nitrogen and oxygen atoms in total. The minimum absolute atomic E-state index is 0.568. The second kappa shape index (κ2) is 6.30. The number of methoxy groups -OCH3 is 1. The zero-order valence-electron chi connectivity index (χ0n) is 13.2. The van der Waals surface area contributed by atoms with Gasteiger partial charge in [0.15, 0.2) is 0 Å². The molecule has 0 N–H and O–H groups in total. The first-order valence-electron chi connectivity index (χ1n) is 8.02. The highest BCUT2D eigenvalue weighted by Crippen LogP contribution is 2.33. The van der Waals surface area contributed by atoms with Gasteiger partial charge in [-0.05, 0) is 42.8 Å². The van der Waals surface area contributed by atoms with E-state index in [1.807, 2.05) is 17.4 Å². The lowest BCUT2D eigenvalue weighted by atomic mass is 10.1. The fraction of sp³-hybridized carbons (Fsp3) is 0.316. The number of para-hydroxylation sites is 1. The molecule has 3 aromatic rings. The van der Waals surface area contributed by atoms with Crippen molar-refractivity contribution in [3.05, 3.63) is 59.1 Å². The normalized spacial score (nSPS) is 18.6. The molecule has 0 saturated carbocycles. The molecule has 0 amide bonds. The van der Waals surface area contributed by atoms with E-state index >= 15 is 0 Å². The molecule has 1 fully saturated rings. The van der Waals surface area contributed by atoms with Crippen molar-refractivity contribution in [1.29, 1.82) is 0 Å². The van der Waals surface area contributed by atoms with Crippen LogP contribution in [0.5, 0.6) is 5.75 Å². The molecule has 1 saturated heterocycles. The molecule has 118 valence electrons. The molecule has 0 radical (unpaired) electrons. The van der Waals surface area contributed by atoms with Crippen LogP contribution in [-0.2, 0) is 6.54 Å². The average molecular weight is 324 g/mol. The van der Waals surface area contributed by atoms with Gasteiger partial charge in [-0.2, -0.15) is 0 Å². The van der Waals surface area contributed by atoms with Crippen LogP contribution in [0.4, 0.5) is 0 Å². The van der Waals surface area contributed by atoms with Crippen LogP contribution < -0.4 is 4.74 Å². The maximum atomic E-state index is 5.32. The van der Waals surface area contributed by atoms with E-state index in [2.05, 4.69) is 47.4 Å². The number of rotatable bonds is 4. The Labute approximate surface area is 140 Å². The number of aromatic nitrogens is 1. The number of thiazole rings is 1. The first-order valence-corrected chi connectivity index (χ1v) is 8.84. The minimum atomic E-state index is 0.568. The van der Waals surface area contributed by atoms with Gasteiger partial charge in [0.05, 0.1) is 22.3 Å². The van der Waals surface area contributed by atoms with Gasteiger partial charge in [-0.3, -0.25) is 4.90 Å². The van der Waals surface area contributed by atoms with Crippen molar-refractivity contribution >= 4 is 21.6 Å². The maximum Gasteiger partial charge on any atom is 0.119 e. The average Bonchev–Trinajstić information content (AvgIpc) is 3.21. The van der Waals surface area contributed by atoms with Crippen molar-refractivity contribution in [1.82, 2.24) is 9.88 Å². The van der Waals surface area contributed by atoms with E-state index in [0.29, 0.717) is 5.92 Å². The molecule has 4 heteroatoms.